The summed E-state index contributed by atoms with van der Waals surface area (Å²) in [6.45, 7) is 2.94. The van der Waals surface area contributed by atoms with Crippen molar-refractivity contribution in [2.24, 2.45) is 0 Å². The second kappa shape index (κ2) is 7.85. The van der Waals surface area contributed by atoms with Crippen LogP contribution in [0.3, 0.4) is 0 Å². The number of carbonyl (C=O) groups excluding carboxylic acids is 2. The van der Waals surface area contributed by atoms with Crippen LogP contribution < -0.4 is 5.32 Å². The van der Waals surface area contributed by atoms with Crippen molar-refractivity contribution in [1.29, 1.82) is 0 Å². The SMILES string of the molecule is CC(=O)N(CC1CCCO1)C1(C(=O)NC2CCCC2)CCCCC1. The molecule has 0 radical (unpaired) electrons. The van der Waals surface area contributed by atoms with Gasteiger partial charge < -0.3 is 15.0 Å². The zero-order valence-corrected chi connectivity index (χ0v) is 15.0. The maximum absolute atomic E-state index is 13.2. The second-order valence-corrected chi connectivity index (χ2v) is 7.81. The molecule has 1 saturated heterocycles. The molecule has 24 heavy (non-hydrogen) atoms. The number of hydrogen-bond acceptors (Lipinski definition) is 3. The summed E-state index contributed by atoms with van der Waals surface area (Å²) in [6, 6.07) is 0.299. The van der Waals surface area contributed by atoms with E-state index in [1.54, 1.807) is 6.92 Å². The van der Waals surface area contributed by atoms with Gasteiger partial charge in [-0.05, 0) is 38.5 Å². The molecule has 1 unspecified atom stereocenters. The van der Waals surface area contributed by atoms with Crippen molar-refractivity contribution in [3.8, 4) is 0 Å². The lowest BCUT2D eigenvalue weighted by molar-refractivity contribution is -0.151. The second-order valence-electron chi connectivity index (χ2n) is 7.81. The molecule has 2 saturated carbocycles. The highest BCUT2D eigenvalue weighted by molar-refractivity contribution is 5.91. The van der Waals surface area contributed by atoms with Gasteiger partial charge in [0.05, 0.1) is 6.10 Å². The Hall–Kier alpha value is -1.10. The maximum Gasteiger partial charge on any atom is 0.246 e. The van der Waals surface area contributed by atoms with Crippen molar-refractivity contribution >= 4 is 11.8 Å². The quantitative estimate of drug-likeness (QED) is 0.840. The Morgan fingerprint density at radius 1 is 1.04 bits per heavy atom. The number of hydrogen-bond donors (Lipinski definition) is 1. The summed E-state index contributed by atoms with van der Waals surface area (Å²) in [5.74, 6) is 0.0938. The van der Waals surface area contributed by atoms with Crippen molar-refractivity contribution in [2.75, 3.05) is 13.2 Å². The van der Waals surface area contributed by atoms with Crippen LogP contribution in [-0.2, 0) is 14.3 Å². The van der Waals surface area contributed by atoms with Crippen molar-refractivity contribution < 1.29 is 14.3 Å². The third-order valence-electron chi connectivity index (χ3n) is 6.10. The molecule has 1 heterocycles. The summed E-state index contributed by atoms with van der Waals surface area (Å²) >= 11 is 0. The minimum Gasteiger partial charge on any atom is -0.376 e. The van der Waals surface area contributed by atoms with Gasteiger partial charge >= 0.3 is 0 Å². The van der Waals surface area contributed by atoms with E-state index in [1.165, 1.54) is 12.8 Å². The van der Waals surface area contributed by atoms with E-state index >= 15 is 0 Å². The molecule has 3 aliphatic rings. The summed E-state index contributed by atoms with van der Waals surface area (Å²) in [5, 5.41) is 3.28. The lowest BCUT2D eigenvalue weighted by Gasteiger charge is -2.46. The Balaban J connectivity index is 1.78. The summed E-state index contributed by atoms with van der Waals surface area (Å²) < 4.78 is 5.76. The average molecular weight is 336 g/mol. The number of ether oxygens (including phenoxy) is 1. The third-order valence-corrected chi connectivity index (χ3v) is 6.10. The van der Waals surface area contributed by atoms with Crippen LogP contribution in [0.2, 0.25) is 0 Å². The lowest BCUT2D eigenvalue weighted by Crippen LogP contribution is -2.63. The van der Waals surface area contributed by atoms with E-state index in [0.717, 1.165) is 64.4 Å². The van der Waals surface area contributed by atoms with Gasteiger partial charge in [-0.3, -0.25) is 9.59 Å². The molecule has 3 rings (SSSR count). The molecule has 136 valence electrons. The monoisotopic (exact) mass is 336 g/mol. The van der Waals surface area contributed by atoms with Gasteiger partial charge in [0.15, 0.2) is 0 Å². The molecule has 1 aliphatic heterocycles. The number of amides is 2. The highest BCUT2D eigenvalue weighted by Crippen LogP contribution is 2.36. The molecule has 5 heteroatoms. The minimum atomic E-state index is -0.654. The first-order chi connectivity index (χ1) is 11.6. The molecule has 0 aromatic heterocycles. The summed E-state index contributed by atoms with van der Waals surface area (Å²) in [4.78, 5) is 27.6. The fourth-order valence-electron chi connectivity index (χ4n) is 4.74. The zero-order chi connectivity index (χ0) is 17.0. The minimum absolute atomic E-state index is 0.00831. The Kier molecular flexibility index (Phi) is 5.80. The van der Waals surface area contributed by atoms with Crippen LogP contribution in [0.1, 0.15) is 77.6 Å². The molecule has 3 fully saturated rings. The molecule has 2 aliphatic carbocycles. The predicted octanol–water partition coefficient (Wildman–Crippen LogP) is 2.78. The first kappa shape index (κ1) is 17.7. The number of nitrogens with zero attached hydrogens (tertiary/aromatic N) is 1. The smallest absolute Gasteiger partial charge is 0.246 e. The molecule has 0 aromatic carbocycles. The lowest BCUT2D eigenvalue weighted by atomic mass is 9.78. The summed E-state index contributed by atoms with van der Waals surface area (Å²) in [6.07, 6.45) is 11.5. The van der Waals surface area contributed by atoms with Crippen molar-refractivity contribution in [2.45, 2.75) is 95.2 Å². The van der Waals surface area contributed by atoms with Gasteiger partial charge in [-0.1, -0.05) is 32.1 Å². The highest BCUT2D eigenvalue weighted by Gasteiger charge is 2.47. The molecule has 2 amide bonds. The highest BCUT2D eigenvalue weighted by atomic mass is 16.5. The zero-order valence-electron chi connectivity index (χ0n) is 15.0. The van der Waals surface area contributed by atoms with Crippen LogP contribution >= 0.6 is 0 Å². The molecule has 0 bridgehead atoms. The standard InChI is InChI=1S/C19H32N2O3/c1-15(22)21(14-17-10-7-13-24-17)19(11-5-2-6-12-19)18(23)20-16-8-3-4-9-16/h16-17H,2-14H2,1H3,(H,20,23). The van der Waals surface area contributed by atoms with Crippen molar-refractivity contribution in [3.05, 3.63) is 0 Å². The normalized spacial score (nSPS) is 27.1. The molecule has 1 N–H and O–H groups in total. The molecule has 0 spiro atoms. The first-order valence-corrected chi connectivity index (χ1v) is 9.82. The Labute approximate surface area is 145 Å². The van der Waals surface area contributed by atoms with Gasteiger partial charge in [-0.2, -0.15) is 0 Å². The summed E-state index contributed by atoms with van der Waals surface area (Å²) in [5.41, 5.74) is -0.654. The van der Waals surface area contributed by atoms with Gasteiger partial charge in [-0.15, -0.1) is 0 Å². The summed E-state index contributed by atoms with van der Waals surface area (Å²) in [7, 11) is 0. The van der Waals surface area contributed by atoms with E-state index in [4.69, 9.17) is 4.74 Å². The van der Waals surface area contributed by atoms with Crippen LogP contribution in [0.5, 0.6) is 0 Å². The van der Waals surface area contributed by atoms with Crippen LogP contribution in [-0.4, -0.2) is 47.6 Å². The van der Waals surface area contributed by atoms with E-state index in [0.29, 0.717) is 12.6 Å². The fourth-order valence-corrected chi connectivity index (χ4v) is 4.74. The Morgan fingerprint density at radius 3 is 2.33 bits per heavy atom. The van der Waals surface area contributed by atoms with E-state index < -0.39 is 5.54 Å². The molecular formula is C19H32N2O3. The van der Waals surface area contributed by atoms with Crippen LogP contribution in [0.25, 0.3) is 0 Å². The Bertz CT molecular complexity index is 448. The molecular weight excluding hydrogens is 304 g/mol. The molecule has 0 aromatic rings. The van der Waals surface area contributed by atoms with Gasteiger partial charge in [0.25, 0.3) is 0 Å². The molecule has 1 atom stereocenters. The van der Waals surface area contributed by atoms with E-state index in [9.17, 15) is 9.59 Å². The van der Waals surface area contributed by atoms with Gasteiger partial charge in [0, 0.05) is 26.1 Å². The fraction of sp³-hybridized carbons (Fsp3) is 0.895. The van der Waals surface area contributed by atoms with Crippen LogP contribution in [0.4, 0.5) is 0 Å². The van der Waals surface area contributed by atoms with Crippen LogP contribution in [0, 0.1) is 0 Å². The van der Waals surface area contributed by atoms with E-state index in [-0.39, 0.29) is 17.9 Å². The Morgan fingerprint density at radius 2 is 1.75 bits per heavy atom. The van der Waals surface area contributed by atoms with Gasteiger partial charge in [0.1, 0.15) is 5.54 Å². The predicted molar refractivity (Wildman–Crippen MR) is 92.6 cm³/mol. The number of nitrogens with one attached hydrogen (secondary N) is 1. The topological polar surface area (TPSA) is 58.6 Å². The van der Waals surface area contributed by atoms with Gasteiger partial charge in [0.2, 0.25) is 11.8 Å². The third kappa shape index (κ3) is 3.76. The van der Waals surface area contributed by atoms with Crippen molar-refractivity contribution in [1.82, 2.24) is 10.2 Å². The number of rotatable bonds is 5. The maximum atomic E-state index is 13.2. The van der Waals surface area contributed by atoms with Crippen molar-refractivity contribution in [3.63, 3.8) is 0 Å². The number of carbonyl (C=O) groups is 2. The van der Waals surface area contributed by atoms with Gasteiger partial charge in [-0.25, -0.2) is 0 Å². The average Bonchev–Trinajstić information content (AvgIpc) is 3.26. The molecule has 5 nitrogen and oxygen atoms in total. The van der Waals surface area contributed by atoms with E-state index in [1.807, 2.05) is 4.90 Å². The first-order valence-electron chi connectivity index (χ1n) is 9.82. The van der Waals surface area contributed by atoms with Crippen LogP contribution in [0.15, 0.2) is 0 Å². The van der Waals surface area contributed by atoms with E-state index in [2.05, 4.69) is 5.32 Å². The largest absolute Gasteiger partial charge is 0.376 e.